The molecule has 1 fully saturated rings. The highest BCUT2D eigenvalue weighted by atomic mass is 16.6. The lowest BCUT2D eigenvalue weighted by molar-refractivity contribution is -0.384. The summed E-state index contributed by atoms with van der Waals surface area (Å²) in [5.41, 5.74) is 1.40. The lowest BCUT2D eigenvalue weighted by atomic mass is 9.95. The van der Waals surface area contributed by atoms with Gasteiger partial charge in [-0.05, 0) is 29.3 Å². The molecular weight excluding hydrogens is 398 g/mol. The van der Waals surface area contributed by atoms with Crippen LogP contribution in [-0.4, -0.2) is 31.6 Å². The Bertz CT molecular complexity index is 1170. The van der Waals surface area contributed by atoms with Crippen LogP contribution in [0.2, 0.25) is 0 Å². The molecule has 1 aromatic heterocycles. The average Bonchev–Trinajstić information content (AvgIpc) is 3.05. The molecule has 1 N–H and O–H groups in total. The Kier molecular flexibility index (Phi) is 5.28. The van der Waals surface area contributed by atoms with E-state index >= 15 is 0 Å². The highest BCUT2D eigenvalue weighted by molar-refractivity contribution is 6.46. The smallest absolute Gasteiger partial charge is 0.295 e. The first-order chi connectivity index (χ1) is 15.0. The molecule has 8 heteroatoms. The van der Waals surface area contributed by atoms with Gasteiger partial charge in [0.2, 0.25) is 0 Å². The molecule has 0 bridgehead atoms. The van der Waals surface area contributed by atoms with E-state index in [9.17, 15) is 24.8 Å². The van der Waals surface area contributed by atoms with Crippen molar-refractivity contribution in [3.63, 3.8) is 0 Å². The zero-order valence-electron chi connectivity index (χ0n) is 16.2. The minimum Gasteiger partial charge on any atom is -0.507 e. The van der Waals surface area contributed by atoms with Crippen molar-refractivity contribution in [1.29, 1.82) is 0 Å². The number of non-ortho nitro benzene ring substituents is 1. The van der Waals surface area contributed by atoms with Gasteiger partial charge in [0.25, 0.3) is 17.4 Å². The molecule has 1 aliphatic rings. The number of aliphatic hydroxyl groups is 1. The fourth-order valence-corrected chi connectivity index (χ4v) is 3.61. The third kappa shape index (κ3) is 3.78. The molecule has 2 heterocycles. The summed E-state index contributed by atoms with van der Waals surface area (Å²) < 4.78 is 0. The molecule has 8 nitrogen and oxygen atoms in total. The Balaban J connectivity index is 1.85. The van der Waals surface area contributed by atoms with Crippen LogP contribution in [0.25, 0.3) is 5.76 Å². The van der Waals surface area contributed by atoms with Gasteiger partial charge in [-0.25, -0.2) is 0 Å². The number of carbonyl (C=O) groups excluding carboxylic acids is 2. The predicted octanol–water partition coefficient (Wildman–Crippen LogP) is 3.61. The minimum atomic E-state index is -0.902. The van der Waals surface area contributed by atoms with Crippen molar-refractivity contribution < 1.29 is 19.6 Å². The summed E-state index contributed by atoms with van der Waals surface area (Å²) in [5.74, 6) is -1.87. The standard InChI is InChI=1S/C23H17N3O5/c27-21(17-6-2-1-3-7-17)19-20(16-8-10-18(11-9-16)26(30)31)25(23(29)22(19)28)14-15-5-4-12-24-13-15/h1-13,20,27H,14H2/b21-19+/t20-/m0/s1. The second-order valence-corrected chi connectivity index (χ2v) is 7.00. The average molecular weight is 415 g/mol. The first kappa shape index (κ1) is 20.0. The number of hydrogen-bond donors (Lipinski definition) is 1. The van der Waals surface area contributed by atoms with Crippen molar-refractivity contribution in [2.45, 2.75) is 12.6 Å². The monoisotopic (exact) mass is 415 g/mol. The zero-order valence-corrected chi connectivity index (χ0v) is 16.2. The number of aliphatic hydroxyl groups excluding tert-OH is 1. The number of nitrogens with zero attached hydrogens (tertiary/aromatic N) is 3. The van der Waals surface area contributed by atoms with Gasteiger partial charge in [-0.3, -0.25) is 24.7 Å². The van der Waals surface area contributed by atoms with Gasteiger partial charge < -0.3 is 10.0 Å². The third-order valence-corrected chi connectivity index (χ3v) is 5.08. The van der Waals surface area contributed by atoms with Crippen LogP contribution in [0.3, 0.4) is 0 Å². The summed E-state index contributed by atoms with van der Waals surface area (Å²) in [6.45, 7) is 0.0889. The van der Waals surface area contributed by atoms with E-state index in [0.717, 1.165) is 0 Å². The van der Waals surface area contributed by atoms with Crippen LogP contribution in [0.1, 0.15) is 22.7 Å². The minimum absolute atomic E-state index is 0.0612. The molecule has 0 aliphatic carbocycles. The lowest BCUT2D eigenvalue weighted by Gasteiger charge is -2.25. The highest BCUT2D eigenvalue weighted by Crippen LogP contribution is 2.40. The van der Waals surface area contributed by atoms with Crippen LogP contribution in [0.15, 0.2) is 84.7 Å². The Morgan fingerprint density at radius 2 is 1.74 bits per heavy atom. The SMILES string of the molecule is O=C1C(=O)N(Cc2cccnc2)[C@@H](c2ccc([N+](=O)[O-])cc2)/C1=C(\O)c1ccccc1. The first-order valence-corrected chi connectivity index (χ1v) is 9.44. The van der Waals surface area contributed by atoms with E-state index < -0.39 is 22.7 Å². The number of hydrogen-bond acceptors (Lipinski definition) is 6. The largest absolute Gasteiger partial charge is 0.507 e. The van der Waals surface area contributed by atoms with Crippen molar-refractivity contribution in [1.82, 2.24) is 9.88 Å². The van der Waals surface area contributed by atoms with Gasteiger partial charge in [-0.15, -0.1) is 0 Å². The van der Waals surface area contributed by atoms with Gasteiger partial charge >= 0.3 is 0 Å². The molecule has 1 amide bonds. The number of nitro benzene ring substituents is 1. The second-order valence-electron chi connectivity index (χ2n) is 7.00. The molecular formula is C23H17N3O5. The van der Waals surface area contributed by atoms with Crippen molar-refractivity contribution >= 4 is 23.1 Å². The second kappa shape index (κ2) is 8.19. The van der Waals surface area contributed by atoms with Crippen molar-refractivity contribution in [3.8, 4) is 0 Å². The van der Waals surface area contributed by atoms with Gasteiger partial charge in [-0.1, -0.05) is 36.4 Å². The Morgan fingerprint density at radius 1 is 1.03 bits per heavy atom. The summed E-state index contributed by atoms with van der Waals surface area (Å²) in [4.78, 5) is 41.8. The number of Topliss-reactive ketones (excluding diaryl/α,β-unsaturated/α-hetero) is 1. The van der Waals surface area contributed by atoms with Gasteiger partial charge in [-0.2, -0.15) is 0 Å². The van der Waals surface area contributed by atoms with Crippen LogP contribution in [0.5, 0.6) is 0 Å². The lowest BCUT2D eigenvalue weighted by Crippen LogP contribution is -2.29. The summed E-state index contributed by atoms with van der Waals surface area (Å²) in [5, 5.41) is 22.0. The summed E-state index contributed by atoms with van der Waals surface area (Å²) in [6.07, 6.45) is 3.18. The molecule has 4 rings (SSSR count). The van der Waals surface area contributed by atoms with Crippen LogP contribution in [-0.2, 0) is 16.1 Å². The van der Waals surface area contributed by atoms with E-state index in [1.165, 1.54) is 29.2 Å². The molecule has 0 radical (unpaired) electrons. The van der Waals surface area contributed by atoms with Gasteiger partial charge in [0.15, 0.2) is 0 Å². The Morgan fingerprint density at radius 3 is 2.35 bits per heavy atom. The van der Waals surface area contributed by atoms with Crippen molar-refractivity contribution in [2.75, 3.05) is 0 Å². The van der Waals surface area contributed by atoms with E-state index in [4.69, 9.17) is 0 Å². The van der Waals surface area contributed by atoms with Crippen LogP contribution in [0.4, 0.5) is 5.69 Å². The van der Waals surface area contributed by atoms with Crippen LogP contribution >= 0.6 is 0 Å². The van der Waals surface area contributed by atoms with Crippen molar-refractivity contribution in [3.05, 3.63) is 112 Å². The maximum absolute atomic E-state index is 12.9. The first-order valence-electron chi connectivity index (χ1n) is 9.44. The molecule has 31 heavy (non-hydrogen) atoms. The molecule has 1 saturated heterocycles. The number of benzene rings is 2. The quantitative estimate of drug-likeness (QED) is 0.224. The fourth-order valence-electron chi connectivity index (χ4n) is 3.61. The highest BCUT2D eigenvalue weighted by Gasteiger charge is 2.46. The van der Waals surface area contributed by atoms with E-state index in [-0.39, 0.29) is 23.6 Å². The zero-order chi connectivity index (χ0) is 22.0. The summed E-state index contributed by atoms with van der Waals surface area (Å²) >= 11 is 0. The summed E-state index contributed by atoms with van der Waals surface area (Å²) in [6, 6.07) is 16.6. The Labute approximate surface area is 177 Å². The molecule has 0 saturated carbocycles. The number of amides is 1. The number of likely N-dealkylation sites (tertiary alicyclic amines) is 1. The topological polar surface area (TPSA) is 114 Å². The van der Waals surface area contributed by atoms with Crippen LogP contribution in [0, 0.1) is 10.1 Å². The molecule has 3 aromatic rings. The molecule has 154 valence electrons. The summed E-state index contributed by atoms with van der Waals surface area (Å²) in [7, 11) is 0. The number of pyridine rings is 1. The number of ketones is 1. The normalized spacial score (nSPS) is 17.7. The maximum Gasteiger partial charge on any atom is 0.295 e. The molecule has 1 atom stereocenters. The molecule has 0 spiro atoms. The number of rotatable bonds is 5. The van der Waals surface area contributed by atoms with E-state index in [1.54, 1.807) is 54.9 Å². The van der Waals surface area contributed by atoms with E-state index in [2.05, 4.69) is 4.98 Å². The molecule has 2 aromatic carbocycles. The van der Waals surface area contributed by atoms with E-state index in [1.807, 2.05) is 0 Å². The number of nitro groups is 1. The molecule has 1 aliphatic heterocycles. The van der Waals surface area contributed by atoms with Gasteiger partial charge in [0.1, 0.15) is 5.76 Å². The third-order valence-electron chi connectivity index (χ3n) is 5.08. The fraction of sp³-hybridized carbons (Fsp3) is 0.0870. The number of carbonyl (C=O) groups is 2. The molecule has 0 unspecified atom stereocenters. The van der Waals surface area contributed by atoms with E-state index in [0.29, 0.717) is 16.7 Å². The Hall–Kier alpha value is -4.33. The van der Waals surface area contributed by atoms with Crippen LogP contribution < -0.4 is 0 Å². The number of aromatic nitrogens is 1. The predicted molar refractivity (Wildman–Crippen MR) is 112 cm³/mol. The van der Waals surface area contributed by atoms with Gasteiger partial charge in [0.05, 0.1) is 16.5 Å². The van der Waals surface area contributed by atoms with Crippen molar-refractivity contribution in [2.24, 2.45) is 0 Å². The maximum atomic E-state index is 12.9. The van der Waals surface area contributed by atoms with Gasteiger partial charge in [0, 0.05) is 36.6 Å².